The summed E-state index contributed by atoms with van der Waals surface area (Å²) in [4.78, 5) is 66.1. The molecule has 0 aliphatic carbocycles. The van der Waals surface area contributed by atoms with Crippen LogP contribution in [-0.2, 0) is 57.2 Å². The number of ether oxygens (including phenoxy) is 6. The maximum Gasteiger partial charge on any atom is 0.330 e. The standard InChI is InChI=1S/C10H16O6.C10H14O6/c2*1-14-8(11)4-7(5-9(12)15-2)6-10(13)16-3/h7H,4-6H2,1-3H3;4H,5-6H2,1-3H3. The van der Waals surface area contributed by atoms with Gasteiger partial charge >= 0.3 is 35.8 Å². The first-order valence-electron chi connectivity index (χ1n) is 9.18. The predicted octanol–water partition coefficient (Wildman–Crippen LogP) is 0.504. The van der Waals surface area contributed by atoms with Gasteiger partial charge in [-0.3, -0.25) is 24.0 Å². The minimum Gasteiger partial charge on any atom is -0.469 e. The molecule has 12 heteroatoms. The Hall–Kier alpha value is -3.44. The van der Waals surface area contributed by atoms with E-state index in [1.165, 1.54) is 42.7 Å². The SMILES string of the molecule is COC(=O)C=C(CC(=O)OC)CC(=O)OC.COC(=O)CC(CC(=O)OC)CC(=O)OC. The van der Waals surface area contributed by atoms with Crippen molar-refractivity contribution in [3.63, 3.8) is 0 Å². The molecule has 0 aromatic heterocycles. The Bertz CT molecular complexity index is 617. The van der Waals surface area contributed by atoms with Gasteiger partial charge in [0, 0.05) is 25.3 Å². The molecule has 0 amide bonds. The quantitative estimate of drug-likeness (QED) is 0.238. The Morgan fingerprint density at radius 3 is 1.09 bits per heavy atom. The summed E-state index contributed by atoms with van der Waals surface area (Å²) in [5.74, 6) is -3.60. The van der Waals surface area contributed by atoms with Gasteiger partial charge in [0.1, 0.15) is 0 Å². The molecular weight excluding hydrogens is 432 g/mol. The maximum atomic E-state index is 11.0. The molecule has 0 spiro atoms. The Kier molecular flexibility index (Phi) is 17.6. The van der Waals surface area contributed by atoms with E-state index in [4.69, 9.17) is 0 Å². The van der Waals surface area contributed by atoms with Crippen molar-refractivity contribution in [2.75, 3.05) is 42.7 Å². The van der Waals surface area contributed by atoms with Crippen molar-refractivity contribution in [3.05, 3.63) is 11.6 Å². The number of hydrogen-bond acceptors (Lipinski definition) is 12. The Balaban J connectivity index is 0. The van der Waals surface area contributed by atoms with Crippen molar-refractivity contribution in [1.82, 2.24) is 0 Å². The molecule has 32 heavy (non-hydrogen) atoms. The van der Waals surface area contributed by atoms with Gasteiger partial charge in [0.15, 0.2) is 0 Å². The zero-order chi connectivity index (χ0) is 25.1. The molecular formula is C20H30O12. The van der Waals surface area contributed by atoms with Crippen molar-refractivity contribution < 1.29 is 57.2 Å². The van der Waals surface area contributed by atoms with E-state index < -0.39 is 41.7 Å². The normalized spacial score (nSPS) is 9.34. The van der Waals surface area contributed by atoms with Crippen LogP contribution in [0.3, 0.4) is 0 Å². The second-order valence-electron chi connectivity index (χ2n) is 6.04. The smallest absolute Gasteiger partial charge is 0.330 e. The molecule has 0 aliphatic heterocycles. The number of rotatable bonds is 11. The molecule has 182 valence electrons. The van der Waals surface area contributed by atoms with E-state index in [1.807, 2.05) is 0 Å². The van der Waals surface area contributed by atoms with Crippen LogP contribution in [0.5, 0.6) is 0 Å². The zero-order valence-corrected chi connectivity index (χ0v) is 19.1. The molecule has 12 nitrogen and oxygen atoms in total. The van der Waals surface area contributed by atoms with Crippen LogP contribution < -0.4 is 0 Å². The summed E-state index contributed by atoms with van der Waals surface area (Å²) in [7, 11) is 7.38. The lowest BCUT2D eigenvalue weighted by Gasteiger charge is -2.12. The molecule has 0 N–H and O–H groups in total. The average Bonchev–Trinajstić information content (AvgIpc) is 2.78. The molecule has 0 heterocycles. The minimum atomic E-state index is -0.636. The van der Waals surface area contributed by atoms with Gasteiger partial charge in [-0.1, -0.05) is 0 Å². The Morgan fingerprint density at radius 1 is 0.531 bits per heavy atom. The summed E-state index contributed by atoms with van der Waals surface area (Å²) in [5, 5.41) is 0. The summed E-state index contributed by atoms with van der Waals surface area (Å²) >= 11 is 0. The number of methoxy groups -OCH3 is 6. The number of carbonyl (C=O) groups excluding carboxylic acids is 6. The van der Waals surface area contributed by atoms with E-state index in [0.29, 0.717) is 0 Å². The molecule has 0 rings (SSSR count). The first kappa shape index (κ1) is 30.8. The highest BCUT2D eigenvalue weighted by Gasteiger charge is 2.22. The fraction of sp³-hybridized carbons (Fsp3) is 0.600. The molecule has 0 aliphatic rings. The first-order valence-corrected chi connectivity index (χ1v) is 9.18. The molecule has 0 bridgehead atoms. The van der Waals surface area contributed by atoms with E-state index in [1.54, 1.807) is 0 Å². The molecule has 0 saturated heterocycles. The van der Waals surface area contributed by atoms with Gasteiger partial charge in [0.2, 0.25) is 0 Å². The largest absolute Gasteiger partial charge is 0.469 e. The van der Waals surface area contributed by atoms with E-state index >= 15 is 0 Å². The van der Waals surface area contributed by atoms with Crippen molar-refractivity contribution in [1.29, 1.82) is 0 Å². The third-order valence-electron chi connectivity index (χ3n) is 3.77. The highest BCUT2D eigenvalue weighted by molar-refractivity contribution is 5.86. The summed E-state index contributed by atoms with van der Waals surface area (Å²) in [6, 6.07) is 0. The number of carbonyl (C=O) groups is 6. The third kappa shape index (κ3) is 16.4. The lowest BCUT2D eigenvalue weighted by Crippen LogP contribution is -2.19. The lowest BCUT2D eigenvalue weighted by atomic mass is 9.98. The van der Waals surface area contributed by atoms with Crippen LogP contribution in [0, 0.1) is 5.92 Å². The van der Waals surface area contributed by atoms with E-state index in [0.717, 1.165) is 6.08 Å². The highest BCUT2D eigenvalue weighted by Crippen LogP contribution is 2.16. The van der Waals surface area contributed by atoms with E-state index in [2.05, 4.69) is 28.4 Å². The molecule has 0 fully saturated rings. The average molecular weight is 462 g/mol. The van der Waals surface area contributed by atoms with Crippen LogP contribution in [0.25, 0.3) is 0 Å². The third-order valence-corrected chi connectivity index (χ3v) is 3.77. The zero-order valence-electron chi connectivity index (χ0n) is 19.1. The van der Waals surface area contributed by atoms with Gasteiger partial charge < -0.3 is 28.4 Å². The van der Waals surface area contributed by atoms with Crippen molar-refractivity contribution >= 4 is 35.8 Å². The van der Waals surface area contributed by atoms with Crippen molar-refractivity contribution in [3.8, 4) is 0 Å². The molecule has 0 saturated carbocycles. The van der Waals surface area contributed by atoms with Crippen LogP contribution >= 0.6 is 0 Å². The van der Waals surface area contributed by atoms with Crippen LogP contribution in [0.1, 0.15) is 32.1 Å². The van der Waals surface area contributed by atoms with Gasteiger partial charge in [-0.2, -0.15) is 0 Å². The van der Waals surface area contributed by atoms with Crippen LogP contribution in [0.15, 0.2) is 11.6 Å². The fourth-order valence-corrected chi connectivity index (χ4v) is 2.08. The summed E-state index contributed by atoms with van der Waals surface area (Å²) < 4.78 is 26.6. The van der Waals surface area contributed by atoms with Gasteiger partial charge in [-0.05, 0) is 11.5 Å². The fourth-order valence-electron chi connectivity index (χ4n) is 2.08. The van der Waals surface area contributed by atoms with E-state index in [9.17, 15) is 28.8 Å². The van der Waals surface area contributed by atoms with Gasteiger partial charge in [0.25, 0.3) is 0 Å². The number of hydrogen-bond donors (Lipinski definition) is 0. The minimum absolute atomic E-state index is 0.0132. The molecule has 0 aromatic rings. The lowest BCUT2D eigenvalue weighted by molar-refractivity contribution is -0.147. The molecule has 0 radical (unpaired) electrons. The van der Waals surface area contributed by atoms with Gasteiger partial charge in [-0.25, -0.2) is 4.79 Å². The van der Waals surface area contributed by atoms with Crippen molar-refractivity contribution in [2.24, 2.45) is 5.92 Å². The first-order chi connectivity index (χ1) is 15.1. The predicted molar refractivity (Wildman–Crippen MR) is 107 cm³/mol. The second kappa shape index (κ2) is 18.3. The highest BCUT2D eigenvalue weighted by atomic mass is 16.5. The second-order valence-corrected chi connectivity index (χ2v) is 6.04. The number of esters is 6. The van der Waals surface area contributed by atoms with Crippen LogP contribution in [-0.4, -0.2) is 78.5 Å². The molecule has 0 aromatic carbocycles. The van der Waals surface area contributed by atoms with Gasteiger partial charge in [0.05, 0.1) is 55.5 Å². The Labute approximate surface area is 186 Å². The summed E-state index contributed by atoms with van der Waals surface area (Å²) in [6.45, 7) is 0. The maximum absolute atomic E-state index is 11.0. The van der Waals surface area contributed by atoms with Crippen LogP contribution in [0.2, 0.25) is 0 Å². The summed E-state index contributed by atoms with van der Waals surface area (Å²) in [5.41, 5.74) is 0.283. The summed E-state index contributed by atoms with van der Waals surface area (Å²) in [6.07, 6.45) is 0.733. The topological polar surface area (TPSA) is 158 Å². The van der Waals surface area contributed by atoms with Crippen LogP contribution in [0.4, 0.5) is 0 Å². The van der Waals surface area contributed by atoms with Gasteiger partial charge in [-0.15, -0.1) is 0 Å². The monoisotopic (exact) mass is 462 g/mol. The Morgan fingerprint density at radius 2 is 0.844 bits per heavy atom. The molecule has 0 atom stereocenters. The molecule has 0 unspecified atom stereocenters. The van der Waals surface area contributed by atoms with Crippen molar-refractivity contribution in [2.45, 2.75) is 32.1 Å². The van der Waals surface area contributed by atoms with E-state index in [-0.39, 0.29) is 37.7 Å².